The number of aliphatic hydroxyl groups is 2. The molecule has 2 aliphatic rings. The number of hydrogen-bond donors (Lipinski definition) is 5. The Bertz CT molecular complexity index is 826. The van der Waals surface area contributed by atoms with Gasteiger partial charge in [-0.3, -0.25) is 14.3 Å². The van der Waals surface area contributed by atoms with Gasteiger partial charge in [-0.25, -0.2) is 4.79 Å². The first-order chi connectivity index (χ1) is 12.6. The average molecular weight is 617 g/mol. The van der Waals surface area contributed by atoms with Crippen LogP contribution in [0.15, 0.2) is 15.8 Å². The minimum atomic E-state index is -1.67. The summed E-state index contributed by atoms with van der Waals surface area (Å²) in [6.07, 6.45) is -0.971. The Morgan fingerprint density at radius 1 is 1.27 bits per heavy atom. The standard InChI is InChI=1S/C9H11FN2O5.C6H8O4.2H3N.Pt/c10-4-2-12(9(16)11-8(4)15)7-1-5(14)6(3-13)17-7;7-4(8)6(5(9)10)2-1-3-6;;;/h2,5-7,13-14H,1,3H2,(H,11,15,16);1-3H2,(H,7,8)(H,9,10);2*1H3;/q;;;;+2/p-2/t5-,6+,7+;;;;/m0..../s1. The number of carboxylic acids is 2. The second kappa shape index (κ2) is 12.0. The van der Waals surface area contributed by atoms with Crippen LogP contribution < -0.4 is 33.8 Å². The quantitative estimate of drug-likeness (QED) is 0.205. The molecule has 30 heavy (non-hydrogen) atoms. The number of carbonyl (C=O) groups is 2. The van der Waals surface area contributed by atoms with E-state index in [-0.39, 0.29) is 52.6 Å². The zero-order chi connectivity index (χ0) is 20.4. The van der Waals surface area contributed by atoms with Crippen LogP contribution in [0.4, 0.5) is 4.39 Å². The molecule has 0 radical (unpaired) electrons. The maximum absolute atomic E-state index is 13.0. The van der Waals surface area contributed by atoms with E-state index in [9.17, 15) is 38.9 Å². The molecule has 0 spiro atoms. The molecule has 2 heterocycles. The summed E-state index contributed by atoms with van der Waals surface area (Å²) < 4.78 is 19.0. The zero-order valence-corrected chi connectivity index (χ0v) is 17.9. The summed E-state index contributed by atoms with van der Waals surface area (Å²) in [6.45, 7) is -0.405. The summed E-state index contributed by atoms with van der Waals surface area (Å²) >= 11 is 0. The Labute approximate surface area is 183 Å². The fourth-order valence-electron chi connectivity index (χ4n) is 2.75. The van der Waals surface area contributed by atoms with Gasteiger partial charge in [0.05, 0.1) is 30.8 Å². The van der Waals surface area contributed by atoms with E-state index in [4.69, 9.17) is 9.84 Å². The fourth-order valence-corrected chi connectivity index (χ4v) is 2.75. The van der Waals surface area contributed by atoms with Crippen molar-refractivity contribution in [3.63, 3.8) is 0 Å². The Kier molecular flexibility index (Phi) is 12.1. The van der Waals surface area contributed by atoms with Crippen LogP contribution in [-0.2, 0) is 35.4 Å². The average Bonchev–Trinajstić information content (AvgIpc) is 2.90. The molecule has 1 saturated heterocycles. The zero-order valence-electron chi connectivity index (χ0n) is 15.7. The number of halogens is 1. The molecule has 1 aliphatic heterocycles. The van der Waals surface area contributed by atoms with Crippen LogP contribution in [0.25, 0.3) is 0 Å². The number of hydrogen-bond acceptors (Lipinski definition) is 11. The Hall–Kier alpha value is -1.96. The van der Waals surface area contributed by atoms with Crippen molar-refractivity contribution < 1.29 is 60.2 Å². The van der Waals surface area contributed by atoms with Gasteiger partial charge in [-0.1, -0.05) is 6.42 Å². The molecule has 1 aromatic heterocycles. The SMILES string of the molecule is N.N.O=C([O-])C1(C(=O)[O-])CCC1.O=c1[nH]c(=O)n([C@H]2C[C@H](O)[C@@H](CO)O2)cc1F.[Pt+2]. The molecule has 15 heteroatoms. The molecule has 2 fully saturated rings. The van der Waals surface area contributed by atoms with Gasteiger partial charge in [0, 0.05) is 11.8 Å². The molecule has 0 bridgehead atoms. The van der Waals surface area contributed by atoms with Crippen LogP contribution in [0.5, 0.6) is 0 Å². The summed E-state index contributed by atoms with van der Waals surface area (Å²) in [5, 5.41) is 38.8. The summed E-state index contributed by atoms with van der Waals surface area (Å²) in [4.78, 5) is 44.4. The monoisotopic (exact) mass is 617 g/mol. The molecule has 1 aromatic rings. The smallest absolute Gasteiger partial charge is 0.549 e. The Morgan fingerprint density at radius 3 is 2.13 bits per heavy atom. The third-order valence-corrected chi connectivity index (χ3v) is 4.61. The third-order valence-electron chi connectivity index (χ3n) is 4.61. The molecule has 9 N–H and O–H groups in total. The van der Waals surface area contributed by atoms with Crippen molar-refractivity contribution in [1.29, 1.82) is 0 Å². The molecule has 3 atom stereocenters. The van der Waals surface area contributed by atoms with Crippen LogP contribution in [0, 0.1) is 11.2 Å². The van der Waals surface area contributed by atoms with Crippen molar-refractivity contribution in [3.8, 4) is 0 Å². The van der Waals surface area contributed by atoms with Gasteiger partial charge in [0.2, 0.25) is 5.82 Å². The fraction of sp³-hybridized carbons (Fsp3) is 0.600. The maximum atomic E-state index is 13.0. The molecule has 0 amide bonds. The van der Waals surface area contributed by atoms with Gasteiger partial charge in [0.25, 0.3) is 5.56 Å². The number of ether oxygens (including phenoxy) is 1. The third kappa shape index (κ3) is 6.03. The molecule has 3 rings (SSSR count). The summed E-state index contributed by atoms with van der Waals surface area (Å²) in [6, 6.07) is 0. The number of nitrogens with zero attached hydrogens (tertiary/aromatic N) is 1. The van der Waals surface area contributed by atoms with Gasteiger partial charge < -0.3 is 47.1 Å². The van der Waals surface area contributed by atoms with Gasteiger partial charge in [0.1, 0.15) is 12.3 Å². The minimum Gasteiger partial charge on any atom is -0.549 e. The van der Waals surface area contributed by atoms with Gasteiger partial charge in [-0.15, -0.1) is 0 Å². The number of aliphatic carboxylic acids is 2. The Balaban J connectivity index is 0. The van der Waals surface area contributed by atoms with Gasteiger partial charge in [-0.05, 0) is 12.8 Å². The van der Waals surface area contributed by atoms with Crippen LogP contribution in [-0.4, -0.2) is 50.5 Å². The summed E-state index contributed by atoms with van der Waals surface area (Å²) in [5.74, 6) is -4.15. The van der Waals surface area contributed by atoms with Crippen molar-refractivity contribution in [2.75, 3.05) is 6.61 Å². The molecule has 0 aromatic carbocycles. The topological polar surface area (TPSA) is 255 Å². The van der Waals surface area contributed by atoms with Gasteiger partial charge >= 0.3 is 26.8 Å². The second-order valence-electron chi connectivity index (χ2n) is 6.27. The normalized spacial score (nSPS) is 23.2. The van der Waals surface area contributed by atoms with Crippen molar-refractivity contribution in [3.05, 3.63) is 32.9 Å². The second-order valence-corrected chi connectivity index (χ2v) is 6.27. The van der Waals surface area contributed by atoms with Crippen molar-refractivity contribution in [2.24, 2.45) is 5.41 Å². The number of carbonyl (C=O) groups excluding carboxylic acids is 2. The first-order valence-electron chi connectivity index (χ1n) is 8.00. The molecule has 1 aliphatic carbocycles. The predicted molar refractivity (Wildman–Crippen MR) is 89.2 cm³/mol. The first kappa shape index (κ1) is 30.2. The molecule has 0 unspecified atom stereocenters. The molecule has 1 saturated carbocycles. The molecule has 174 valence electrons. The molecular formula is C15H23FN4O9Pt. The Morgan fingerprint density at radius 2 is 1.80 bits per heavy atom. The van der Waals surface area contributed by atoms with Gasteiger partial charge in [0.15, 0.2) is 0 Å². The number of aromatic amines is 1. The number of aliphatic hydroxyl groups excluding tert-OH is 2. The van der Waals surface area contributed by atoms with Crippen LogP contribution in [0.3, 0.4) is 0 Å². The van der Waals surface area contributed by atoms with E-state index >= 15 is 0 Å². The number of rotatable bonds is 4. The van der Waals surface area contributed by atoms with E-state index in [1.807, 2.05) is 0 Å². The number of carboxylic acid groups (broad SMARTS) is 2. The first-order valence-corrected chi connectivity index (χ1v) is 8.00. The number of aromatic nitrogens is 2. The van der Waals surface area contributed by atoms with E-state index in [1.165, 1.54) is 0 Å². The van der Waals surface area contributed by atoms with E-state index in [0.717, 1.165) is 10.8 Å². The molecule has 13 nitrogen and oxygen atoms in total. The van der Waals surface area contributed by atoms with Crippen LogP contribution in [0.1, 0.15) is 31.9 Å². The van der Waals surface area contributed by atoms with Crippen molar-refractivity contribution >= 4 is 11.9 Å². The van der Waals surface area contributed by atoms with Crippen molar-refractivity contribution in [1.82, 2.24) is 21.9 Å². The largest absolute Gasteiger partial charge is 2.00 e. The maximum Gasteiger partial charge on any atom is 2.00 e. The number of H-pyrrole nitrogens is 1. The predicted octanol–water partition coefficient (Wildman–Crippen LogP) is -3.71. The van der Waals surface area contributed by atoms with Crippen LogP contribution >= 0.6 is 0 Å². The van der Waals surface area contributed by atoms with E-state index in [2.05, 4.69) is 0 Å². The summed E-state index contributed by atoms with van der Waals surface area (Å²) in [5.41, 5.74) is -3.60. The van der Waals surface area contributed by atoms with Crippen LogP contribution in [0.2, 0.25) is 0 Å². The molecular weight excluding hydrogens is 594 g/mol. The summed E-state index contributed by atoms with van der Waals surface area (Å²) in [7, 11) is 0. The number of nitrogens with one attached hydrogen (secondary N) is 1. The van der Waals surface area contributed by atoms with E-state index in [0.29, 0.717) is 6.42 Å². The van der Waals surface area contributed by atoms with Gasteiger partial charge in [-0.2, -0.15) is 4.39 Å². The van der Waals surface area contributed by atoms with E-state index < -0.39 is 59.5 Å². The van der Waals surface area contributed by atoms with E-state index in [1.54, 1.807) is 4.98 Å². The van der Waals surface area contributed by atoms with Crippen molar-refractivity contribution in [2.45, 2.75) is 44.1 Å². The minimum absolute atomic E-state index is 0.